The molecule has 3 N–H and O–H groups in total. The fraction of sp³-hybridized carbons (Fsp3) is 0.786. The zero-order valence-corrected chi connectivity index (χ0v) is 12.5. The first kappa shape index (κ1) is 15.4. The van der Waals surface area contributed by atoms with E-state index in [0.29, 0.717) is 19.8 Å². The largest absolute Gasteiger partial charge is 0.381 e. The molecular formula is C14H26N4O2. The van der Waals surface area contributed by atoms with Crippen molar-refractivity contribution in [2.45, 2.75) is 51.3 Å². The molecule has 1 aliphatic rings. The van der Waals surface area contributed by atoms with E-state index in [9.17, 15) is 0 Å². The molecule has 1 atom stereocenters. The van der Waals surface area contributed by atoms with Gasteiger partial charge in [-0.1, -0.05) is 6.92 Å². The van der Waals surface area contributed by atoms with Crippen LogP contribution in [0, 0.1) is 0 Å². The van der Waals surface area contributed by atoms with Crippen LogP contribution >= 0.6 is 0 Å². The third-order valence-electron chi connectivity index (χ3n) is 3.90. The average molecular weight is 282 g/mol. The van der Waals surface area contributed by atoms with Crippen LogP contribution in [0.3, 0.4) is 0 Å². The monoisotopic (exact) mass is 282 g/mol. The van der Waals surface area contributed by atoms with Gasteiger partial charge in [0.1, 0.15) is 0 Å². The Morgan fingerprint density at radius 2 is 2.25 bits per heavy atom. The van der Waals surface area contributed by atoms with Gasteiger partial charge in [0.2, 0.25) is 0 Å². The van der Waals surface area contributed by atoms with Crippen molar-refractivity contribution < 1.29 is 9.47 Å². The highest BCUT2D eigenvalue weighted by molar-refractivity contribution is 5.16. The van der Waals surface area contributed by atoms with E-state index in [2.05, 4.69) is 23.6 Å². The molecule has 1 aromatic heterocycles. The average Bonchev–Trinajstić information content (AvgIpc) is 2.90. The molecule has 114 valence electrons. The Balaban J connectivity index is 2.22. The van der Waals surface area contributed by atoms with Gasteiger partial charge < -0.3 is 9.47 Å². The van der Waals surface area contributed by atoms with Crippen LogP contribution in [0.2, 0.25) is 0 Å². The van der Waals surface area contributed by atoms with Crippen molar-refractivity contribution in [3.63, 3.8) is 0 Å². The Hall–Kier alpha value is -0.950. The molecule has 6 heteroatoms. The predicted molar refractivity (Wildman–Crippen MR) is 77.0 cm³/mol. The van der Waals surface area contributed by atoms with E-state index in [1.54, 1.807) is 0 Å². The number of ether oxygens (including phenoxy) is 2. The normalized spacial score (nSPS) is 19.9. The summed E-state index contributed by atoms with van der Waals surface area (Å²) in [6, 6.07) is -0.0584. The maximum absolute atomic E-state index is 6.09. The van der Waals surface area contributed by atoms with Crippen molar-refractivity contribution in [2.24, 2.45) is 5.84 Å². The highest BCUT2D eigenvalue weighted by Gasteiger charge is 2.42. The minimum Gasteiger partial charge on any atom is -0.381 e. The maximum atomic E-state index is 6.09. The molecule has 0 amide bonds. The molecule has 20 heavy (non-hydrogen) atoms. The maximum Gasteiger partial charge on any atom is 0.0933 e. The molecule has 6 nitrogen and oxygen atoms in total. The van der Waals surface area contributed by atoms with E-state index in [1.165, 1.54) is 0 Å². The van der Waals surface area contributed by atoms with Crippen molar-refractivity contribution in [1.82, 2.24) is 15.2 Å². The van der Waals surface area contributed by atoms with Crippen LogP contribution in [0.4, 0.5) is 0 Å². The molecule has 2 heterocycles. The van der Waals surface area contributed by atoms with Gasteiger partial charge >= 0.3 is 0 Å². The first-order valence-corrected chi connectivity index (χ1v) is 7.46. The first-order chi connectivity index (χ1) is 9.75. The molecule has 0 spiro atoms. The summed E-state index contributed by atoms with van der Waals surface area (Å²) in [6.07, 6.45) is 6.69. The van der Waals surface area contributed by atoms with Crippen LogP contribution in [-0.2, 0) is 16.0 Å². The zero-order valence-electron chi connectivity index (χ0n) is 12.5. The highest BCUT2D eigenvalue weighted by atomic mass is 16.5. The number of nitrogens with two attached hydrogens (primary N) is 1. The fourth-order valence-electron chi connectivity index (χ4n) is 2.95. The van der Waals surface area contributed by atoms with Gasteiger partial charge in [0, 0.05) is 51.0 Å². The van der Waals surface area contributed by atoms with Crippen LogP contribution in [0.5, 0.6) is 0 Å². The summed E-state index contributed by atoms with van der Waals surface area (Å²) in [5.41, 5.74) is 3.71. The molecule has 1 fully saturated rings. The van der Waals surface area contributed by atoms with E-state index in [1.807, 2.05) is 17.8 Å². The Bertz CT molecular complexity index is 396. The van der Waals surface area contributed by atoms with Gasteiger partial charge in [0.15, 0.2) is 0 Å². The smallest absolute Gasteiger partial charge is 0.0933 e. The number of hydrazine groups is 1. The van der Waals surface area contributed by atoms with E-state index >= 15 is 0 Å². The van der Waals surface area contributed by atoms with Crippen LogP contribution in [0.15, 0.2) is 12.4 Å². The number of aryl methyl sites for hydroxylation is 1. The lowest BCUT2D eigenvalue weighted by Crippen LogP contribution is -2.51. The van der Waals surface area contributed by atoms with Gasteiger partial charge in [-0.25, -0.2) is 5.43 Å². The summed E-state index contributed by atoms with van der Waals surface area (Å²) >= 11 is 0. The summed E-state index contributed by atoms with van der Waals surface area (Å²) < 4.78 is 13.5. The summed E-state index contributed by atoms with van der Waals surface area (Å²) in [5, 5.41) is 4.40. The first-order valence-electron chi connectivity index (χ1n) is 7.46. The molecule has 1 saturated heterocycles. The quantitative estimate of drug-likeness (QED) is 0.584. The lowest BCUT2D eigenvalue weighted by molar-refractivity contribution is -0.128. The van der Waals surface area contributed by atoms with Gasteiger partial charge in [-0.3, -0.25) is 10.5 Å². The molecule has 1 unspecified atom stereocenters. The number of nitrogens with one attached hydrogen (secondary N) is 1. The van der Waals surface area contributed by atoms with Crippen LogP contribution in [-0.4, -0.2) is 35.2 Å². The molecule has 0 aromatic carbocycles. The number of hydrogen-bond donors (Lipinski definition) is 2. The molecule has 0 bridgehead atoms. The van der Waals surface area contributed by atoms with Gasteiger partial charge in [-0.05, 0) is 13.3 Å². The van der Waals surface area contributed by atoms with Crippen molar-refractivity contribution >= 4 is 0 Å². The molecule has 2 rings (SSSR count). The van der Waals surface area contributed by atoms with Crippen LogP contribution < -0.4 is 11.3 Å². The lowest BCUT2D eigenvalue weighted by atomic mass is 9.83. The number of hydrogen-bond acceptors (Lipinski definition) is 5. The highest BCUT2D eigenvalue weighted by Crippen LogP contribution is 2.37. The standard InChI is InChI=1S/C14H26N4O2/c1-3-7-18-11-12(10-16-18)13(17-15)14(20-4-2)5-8-19-9-6-14/h10-11,13,17H,3-9,15H2,1-2H3. The fourth-order valence-corrected chi connectivity index (χ4v) is 2.95. The molecule has 0 aliphatic carbocycles. The molecular weight excluding hydrogens is 256 g/mol. The van der Waals surface area contributed by atoms with Crippen molar-refractivity contribution in [3.8, 4) is 0 Å². The summed E-state index contributed by atoms with van der Waals surface area (Å²) in [4.78, 5) is 0. The lowest BCUT2D eigenvalue weighted by Gasteiger charge is -2.42. The topological polar surface area (TPSA) is 74.3 Å². The Kier molecular flexibility index (Phi) is 5.54. The van der Waals surface area contributed by atoms with Crippen molar-refractivity contribution in [2.75, 3.05) is 19.8 Å². The number of nitrogens with zero attached hydrogens (tertiary/aromatic N) is 2. The summed E-state index contributed by atoms with van der Waals surface area (Å²) in [5.74, 6) is 5.83. The molecule has 0 saturated carbocycles. The van der Waals surface area contributed by atoms with E-state index in [0.717, 1.165) is 31.4 Å². The van der Waals surface area contributed by atoms with Gasteiger partial charge in [-0.15, -0.1) is 0 Å². The minimum atomic E-state index is -0.304. The SMILES string of the molecule is CCCn1cc(C(NN)C2(OCC)CCOCC2)cn1. The van der Waals surface area contributed by atoms with E-state index in [-0.39, 0.29) is 11.6 Å². The predicted octanol–water partition coefficient (Wildman–Crippen LogP) is 1.38. The van der Waals surface area contributed by atoms with Crippen LogP contribution in [0.25, 0.3) is 0 Å². The number of aromatic nitrogens is 2. The van der Waals surface area contributed by atoms with Gasteiger partial charge in [0.25, 0.3) is 0 Å². The zero-order chi connectivity index (χ0) is 14.4. The second-order valence-electron chi connectivity index (χ2n) is 5.25. The Morgan fingerprint density at radius 3 is 2.85 bits per heavy atom. The minimum absolute atomic E-state index is 0.0584. The second kappa shape index (κ2) is 7.17. The number of rotatable bonds is 7. The molecule has 1 aromatic rings. The summed E-state index contributed by atoms with van der Waals surface area (Å²) in [7, 11) is 0. The summed E-state index contributed by atoms with van der Waals surface area (Å²) in [6.45, 7) is 7.16. The van der Waals surface area contributed by atoms with Crippen molar-refractivity contribution in [3.05, 3.63) is 18.0 Å². The van der Waals surface area contributed by atoms with Gasteiger partial charge in [0.05, 0.1) is 17.8 Å². The Morgan fingerprint density at radius 1 is 1.50 bits per heavy atom. The molecule has 0 radical (unpaired) electrons. The van der Waals surface area contributed by atoms with Crippen molar-refractivity contribution in [1.29, 1.82) is 0 Å². The van der Waals surface area contributed by atoms with E-state index in [4.69, 9.17) is 15.3 Å². The second-order valence-corrected chi connectivity index (χ2v) is 5.25. The molecule has 1 aliphatic heterocycles. The van der Waals surface area contributed by atoms with Crippen LogP contribution in [0.1, 0.15) is 44.7 Å². The van der Waals surface area contributed by atoms with Gasteiger partial charge in [-0.2, -0.15) is 5.10 Å². The third-order valence-corrected chi connectivity index (χ3v) is 3.90. The third kappa shape index (κ3) is 3.20. The van der Waals surface area contributed by atoms with E-state index < -0.39 is 0 Å². The Labute approximate surface area is 120 Å².